The van der Waals surface area contributed by atoms with Crippen LogP contribution >= 0.6 is 15.9 Å². The van der Waals surface area contributed by atoms with E-state index in [1.165, 1.54) is 23.1 Å². The molecule has 0 spiro atoms. The molecular formula is C17H19BrN2. The average molecular weight is 331 g/mol. The monoisotopic (exact) mass is 330 g/mol. The second-order valence-corrected chi connectivity index (χ2v) is 6.45. The van der Waals surface area contributed by atoms with Crippen LogP contribution in [0.5, 0.6) is 0 Å². The highest BCUT2D eigenvalue weighted by molar-refractivity contribution is 9.10. The van der Waals surface area contributed by atoms with Crippen molar-refractivity contribution < 1.29 is 0 Å². The minimum Gasteiger partial charge on any atom is -0.271 e. The number of hydrogen-bond acceptors (Lipinski definition) is 2. The lowest BCUT2D eigenvalue weighted by Gasteiger charge is -2.33. The maximum Gasteiger partial charge on any atom is 0.0256 e. The number of nitrogens with two attached hydrogens (primary N) is 1. The molecule has 1 aliphatic carbocycles. The normalized spacial score (nSPS) is 18.2. The molecule has 2 atom stereocenters. The Labute approximate surface area is 128 Å². The lowest BCUT2D eigenvalue weighted by Crippen LogP contribution is -2.39. The van der Waals surface area contributed by atoms with E-state index in [0.717, 1.165) is 17.3 Å². The molecular weight excluding hydrogens is 312 g/mol. The summed E-state index contributed by atoms with van der Waals surface area (Å²) < 4.78 is 1.12. The van der Waals surface area contributed by atoms with Crippen molar-refractivity contribution >= 4 is 15.9 Å². The Morgan fingerprint density at radius 1 is 1.15 bits per heavy atom. The van der Waals surface area contributed by atoms with E-state index in [0.29, 0.717) is 12.0 Å². The van der Waals surface area contributed by atoms with Crippen LogP contribution < -0.4 is 11.3 Å². The fraction of sp³-hybridized carbons (Fsp3) is 0.294. The molecule has 20 heavy (non-hydrogen) atoms. The number of fused-ring (bicyclic) bond motifs is 1. The first-order chi connectivity index (χ1) is 9.76. The van der Waals surface area contributed by atoms with Gasteiger partial charge in [-0.2, -0.15) is 0 Å². The molecule has 104 valence electrons. The summed E-state index contributed by atoms with van der Waals surface area (Å²) in [7, 11) is 0. The van der Waals surface area contributed by atoms with Crippen molar-refractivity contribution in [2.24, 2.45) is 5.84 Å². The quantitative estimate of drug-likeness (QED) is 0.649. The largest absolute Gasteiger partial charge is 0.271 e. The molecule has 0 aromatic heterocycles. The zero-order valence-corrected chi connectivity index (χ0v) is 12.9. The molecule has 0 aliphatic heterocycles. The van der Waals surface area contributed by atoms with E-state index in [4.69, 9.17) is 5.84 Å². The van der Waals surface area contributed by atoms with Gasteiger partial charge in [0.05, 0.1) is 0 Å². The number of benzene rings is 2. The maximum atomic E-state index is 5.74. The molecule has 0 saturated heterocycles. The van der Waals surface area contributed by atoms with Crippen LogP contribution in [0.2, 0.25) is 0 Å². The molecule has 0 amide bonds. The third kappa shape index (κ3) is 2.95. The summed E-state index contributed by atoms with van der Waals surface area (Å²) in [6.45, 7) is 0. The van der Waals surface area contributed by atoms with Gasteiger partial charge in [0, 0.05) is 10.5 Å². The van der Waals surface area contributed by atoms with Gasteiger partial charge in [0.15, 0.2) is 0 Å². The summed E-state index contributed by atoms with van der Waals surface area (Å²) in [5.41, 5.74) is 7.31. The molecule has 3 rings (SSSR count). The molecule has 0 heterocycles. The van der Waals surface area contributed by atoms with Gasteiger partial charge in [0.2, 0.25) is 0 Å². The SMILES string of the molecule is NNC(Cc1ccc(Br)cc1)CC1Cc2ccccc21. The van der Waals surface area contributed by atoms with E-state index < -0.39 is 0 Å². The van der Waals surface area contributed by atoms with Gasteiger partial charge < -0.3 is 0 Å². The van der Waals surface area contributed by atoms with E-state index in [1.807, 2.05) is 0 Å². The van der Waals surface area contributed by atoms with E-state index in [1.54, 1.807) is 0 Å². The van der Waals surface area contributed by atoms with E-state index >= 15 is 0 Å². The number of nitrogens with one attached hydrogen (secondary N) is 1. The zero-order valence-electron chi connectivity index (χ0n) is 11.4. The third-order valence-electron chi connectivity index (χ3n) is 4.16. The van der Waals surface area contributed by atoms with Gasteiger partial charge >= 0.3 is 0 Å². The fourth-order valence-electron chi connectivity index (χ4n) is 3.03. The van der Waals surface area contributed by atoms with E-state index in [-0.39, 0.29) is 0 Å². The first kappa shape index (κ1) is 13.8. The van der Waals surface area contributed by atoms with Crippen molar-refractivity contribution in [1.82, 2.24) is 5.43 Å². The number of halogens is 1. The minimum atomic E-state index is 0.328. The Balaban J connectivity index is 1.62. The summed E-state index contributed by atoms with van der Waals surface area (Å²) in [6.07, 6.45) is 3.26. The lowest BCUT2D eigenvalue weighted by molar-refractivity contribution is 0.422. The number of hydrazine groups is 1. The Hall–Kier alpha value is -1.16. The Bertz CT molecular complexity index is 580. The van der Waals surface area contributed by atoms with Crippen LogP contribution in [0.1, 0.15) is 29.0 Å². The fourth-order valence-corrected chi connectivity index (χ4v) is 3.30. The van der Waals surface area contributed by atoms with Gasteiger partial charge in [-0.3, -0.25) is 11.3 Å². The molecule has 2 unspecified atom stereocenters. The van der Waals surface area contributed by atoms with Crippen LogP contribution in [0, 0.1) is 0 Å². The highest BCUT2D eigenvalue weighted by atomic mass is 79.9. The van der Waals surface area contributed by atoms with Crippen LogP contribution in [-0.2, 0) is 12.8 Å². The van der Waals surface area contributed by atoms with Crippen molar-refractivity contribution in [2.75, 3.05) is 0 Å². The minimum absolute atomic E-state index is 0.328. The summed E-state index contributed by atoms with van der Waals surface area (Å²) in [6, 6.07) is 17.5. The van der Waals surface area contributed by atoms with Gasteiger partial charge in [0.25, 0.3) is 0 Å². The highest BCUT2D eigenvalue weighted by Gasteiger charge is 2.27. The molecule has 2 aromatic rings. The van der Waals surface area contributed by atoms with Gasteiger partial charge in [-0.15, -0.1) is 0 Å². The molecule has 0 saturated carbocycles. The number of hydrogen-bond donors (Lipinski definition) is 2. The van der Waals surface area contributed by atoms with Gasteiger partial charge in [-0.25, -0.2) is 0 Å². The van der Waals surface area contributed by atoms with E-state index in [2.05, 4.69) is 69.9 Å². The predicted octanol–water partition coefficient (Wildman–Crippen LogP) is 3.55. The van der Waals surface area contributed by atoms with Crippen molar-refractivity contribution in [2.45, 2.75) is 31.2 Å². The maximum absolute atomic E-state index is 5.74. The molecule has 0 bridgehead atoms. The van der Waals surface area contributed by atoms with E-state index in [9.17, 15) is 0 Å². The van der Waals surface area contributed by atoms with Crippen LogP contribution in [0.4, 0.5) is 0 Å². The van der Waals surface area contributed by atoms with Crippen LogP contribution in [0.15, 0.2) is 53.0 Å². The van der Waals surface area contributed by atoms with Crippen LogP contribution in [0.3, 0.4) is 0 Å². The third-order valence-corrected chi connectivity index (χ3v) is 4.69. The van der Waals surface area contributed by atoms with Crippen molar-refractivity contribution in [3.05, 3.63) is 69.7 Å². The van der Waals surface area contributed by atoms with Gasteiger partial charge in [-0.1, -0.05) is 52.3 Å². The first-order valence-electron chi connectivity index (χ1n) is 7.04. The smallest absolute Gasteiger partial charge is 0.0256 e. The molecule has 3 N–H and O–H groups in total. The predicted molar refractivity (Wildman–Crippen MR) is 86.5 cm³/mol. The molecule has 2 nitrogen and oxygen atoms in total. The Kier molecular flexibility index (Phi) is 4.20. The summed E-state index contributed by atoms with van der Waals surface area (Å²) >= 11 is 3.47. The molecule has 1 aliphatic rings. The van der Waals surface area contributed by atoms with Crippen molar-refractivity contribution in [3.8, 4) is 0 Å². The lowest BCUT2D eigenvalue weighted by atomic mass is 9.74. The molecule has 3 heteroatoms. The van der Waals surface area contributed by atoms with Crippen molar-refractivity contribution in [1.29, 1.82) is 0 Å². The Morgan fingerprint density at radius 2 is 1.90 bits per heavy atom. The molecule has 0 radical (unpaired) electrons. The Morgan fingerprint density at radius 3 is 2.60 bits per heavy atom. The van der Waals surface area contributed by atoms with Crippen LogP contribution in [0.25, 0.3) is 0 Å². The summed E-state index contributed by atoms with van der Waals surface area (Å²) in [5, 5.41) is 0. The average Bonchev–Trinajstić information content (AvgIpc) is 2.45. The summed E-state index contributed by atoms with van der Waals surface area (Å²) in [4.78, 5) is 0. The second kappa shape index (κ2) is 6.08. The number of rotatable bonds is 5. The highest BCUT2D eigenvalue weighted by Crippen LogP contribution is 2.38. The van der Waals surface area contributed by atoms with Gasteiger partial charge in [0.1, 0.15) is 0 Å². The first-order valence-corrected chi connectivity index (χ1v) is 7.84. The molecule has 0 fully saturated rings. The standard InChI is InChI=1S/C17H19BrN2/c18-15-7-5-12(6-8-15)9-16(20-19)11-14-10-13-3-1-2-4-17(13)14/h1-8,14,16,20H,9-11,19H2. The van der Waals surface area contributed by atoms with Gasteiger partial charge in [-0.05, 0) is 54.0 Å². The van der Waals surface area contributed by atoms with Crippen LogP contribution in [-0.4, -0.2) is 6.04 Å². The molecule has 2 aromatic carbocycles. The topological polar surface area (TPSA) is 38.0 Å². The second-order valence-electron chi connectivity index (χ2n) is 5.53. The van der Waals surface area contributed by atoms with Crippen molar-refractivity contribution in [3.63, 3.8) is 0 Å². The summed E-state index contributed by atoms with van der Waals surface area (Å²) in [5.74, 6) is 6.39. The zero-order chi connectivity index (χ0) is 13.9.